The van der Waals surface area contributed by atoms with Crippen molar-refractivity contribution in [3.05, 3.63) is 33.6 Å². The van der Waals surface area contributed by atoms with Gasteiger partial charge in [-0.15, -0.1) is 0 Å². The molecule has 8 heteroatoms. The van der Waals surface area contributed by atoms with E-state index in [1.165, 1.54) is 6.07 Å². The minimum atomic E-state index is -0.694. The van der Waals surface area contributed by atoms with Crippen LogP contribution >= 0.6 is 0 Å². The standard InChI is InChI=1S/C13H13N3O5/c14-7-9(6-10-3-4-12(21-10)16(18)19)13(17)15-8-11-2-1-5-20-11/h3-4,6,11H,1-2,5,8H2,(H,15,17)/b9-6+/t11-/m0/s1. The third-order valence-corrected chi connectivity index (χ3v) is 2.96. The Bertz CT molecular complexity index is 608. The molecule has 1 aliphatic heterocycles. The van der Waals surface area contributed by atoms with E-state index in [0.717, 1.165) is 25.0 Å². The molecule has 0 radical (unpaired) electrons. The van der Waals surface area contributed by atoms with Gasteiger partial charge < -0.3 is 14.5 Å². The van der Waals surface area contributed by atoms with E-state index in [1.807, 2.05) is 0 Å². The van der Waals surface area contributed by atoms with Gasteiger partial charge in [0.25, 0.3) is 5.91 Å². The molecule has 0 saturated carbocycles. The zero-order chi connectivity index (χ0) is 15.2. The summed E-state index contributed by atoms with van der Waals surface area (Å²) in [5, 5.41) is 22.1. The van der Waals surface area contributed by atoms with E-state index in [2.05, 4.69) is 5.32 Å². The first kappa shape index (κ1) is 14.7. The summed E-state index contributed by atoms with van der Waals surface area (Å²) in [6.45, 7) is 1.01. The van der Waals surface area contributed by atoms with Crippen molar-refractivity contribution in [1.82, 2.24) is 5.32 Å². The van der Waals surface area contributed by atoms with E-state index in [9.17, 15) is 14.9 Å². The van der Waals surface area contributed by atoms with Gasteiger partial charge in [-0.1, -0.05) is 0 Å². The number of amides is 1. The van der Waals surface area contributed by atoms with Crippen LogP contribution in [0.25, 0.3) is 6.08 Å². The van der Waals surface area contributed by atoms with E-state index in [0.29, 0.717) is 13.2 Å². The Morgan fingerprint density at radius 3 is 3.00 bits per heavy atom. The number of furan rings is 1. The molecule has 1 fully saturated rings. The highest BCUT2D eigenvalue weighted by Gasteiger charge is 2.18. The van der Waals surface area contributed by atoms with Gasteiger partial charge in [0.2, 0.25) is 0 Å². The lowest BCUT2D eigenvalue weighted by Crippen LogP contribution is -2.32. The Morgan fingerprint density at radius 1 is 1.62 bits per heavy atom. The minimum Gasteiger partial charge on any atom is -0.401 e. The molecule has 0 bridgehead atoms. The molecule has 8 nitrogen and oxygen atoms in total. The number of rotatable bonds is 5. The van der Waals surface area contributed by atoms with Crippen molar-refractivity contribution in [2.45, 2.75) is 18.9 Å². The number of ether oxygens (including phenoxy) is 1. The van der Waals surface area contributed by atoms with Crippen molar-refractivity contribution in [3.8, 4) is 6.07 Å². The van der Waals surface area contributed by atoms with Crippen molar-refractivity contribution in [3.63, 3.8) is 0 Å². The maximum Gasteiger partial charge on any atom is 0.433 e. The van der Waals surface area contributed by atoms with Gasteiger partial charge in [-0.25, -0.2) is 0 Å². The highest BCUT2D eigenvalue weighted by molar-refractivity contribution is 6.01. The Kier molecular flexibility index (Phi) is 4.68. The van der Waals surface area contributed by atoms with Gasteiger partial charge >= 0.3 is 5.88 Å². The normalized spacial score (nSPS) is 18.2. The maximum atomic E-state index is 11.8. The third kappa shape index (κ3) is 3.90. The highest BCUT2D eigenvalue weighted by atomic mass is 16.6. The van der Waals surface area contributed by atoms with Crippen molar-refractivity contribution in [2.24, 2.45) is 0 Å². The average Bonchev–Trinajstić information content (AvgIpc) is 3.13. The summed E-state index contributed by atoms with van der Waals surface area (Å²) in [5.41, 5.74) is -0.183. The highest BCUT2D eigenvalue weighted by Crippen LogP contribution is 2.18. The second-order valence-corrected chi connectivity index (χ2v) is 4.45. The van der Waals surface area contributed by atoms with Crippen molar-refractivity contribution in [1.29, 1.82) is 5.26 Å². The van der Waals surface area contributed by atoms with Gasteiger partial charge in [0, 0.05) is 19.2 Å². The van der Waals surface area contributed by atoms with E-state index < -0.39 is 16.7 Å². The number of carbonyl (C=O) groups excluding carboxylic acids is 1. The van der Waals surface area contributed by atoms with Gasteiger partial charge in [0.1, 0.15) is 22.3 Å². The summed E-state index contributed by atoms with van der Waals surface area (Å²) in [6.07, 6.45) is 2.96. The summed E-state index contributed by atoms with van der Waals surface area (Å²) in [7, 11) is 0. The summed E-state index contributed by atoms with van der Waals surface area (Å²) < 4.78 is 10.2. The number of hydrogen-bond donors (Lipinski definition) is 1. The van der Waals surface area contributed by atoms with Gasteiger partial charge in [-0.2, -0.15) is 5.26 Å². The van der Waals surface area contributed by atoms with Crippen LogP contribution in [-0.2, 0) is 9.53 Å². The van der Waals surface area contributed by atoms with E-state index in [-0.39, 0.29) is 17.4 Å². The summed E-state index contributed by atoms with van der Waals surface area (Å²) in [6, 6.07) is 4.22. The fraction of sp³-hybridized carbons (Fsp3) is 0.385. The Balaban J connectivity index is 1.99. The molecule has 0 aliphatic carbocycles. The minimum absolute atomic E-state index is 0.0291. The van der Waals surface area contributed by atoms with Crippen LogP contribution in [0.2, 0.25) is 0 Å². The molecule has 1 aliphatic rings. The first-order valence-electron chi connectivity index (χ1n) is 6.36. The third-order valence-electron chi connectivity index (χ3n) is 2.96. The lowest BCUT2D eigenvalue weighted by atomic mass is 10.2. The molecule has 21 heavy (non-hydrogen) atoms. The average molecular weight is 291 g/mol. The van der Waals surface area contributed by atoms with Crippen LogP contribution in [0.4, 0.5) is 5.88 Å². The van der Waals surface area contributed by atoms with E-state index in [1.54, 1.807) is 6.07 Å². The molecule has 1 aromatic heterocycles. The topological polar surface area (TPSA) is 118 Å². The SMILES string of the molecule is N#C/C(=C\c1ccc([N+](=O)[O-])o1)C(=O)NC[C@@H]1CCCO1. The fourth-order valence-corrected chi connectivity index (χ4v) is 1.92. The van der Waals surface area contributed by atoms with Gasteiger partial charge in [0.15, 0.2) is 0 Å². The molecule has 0 aromatic carbocycles. The Hall–Kier alpha value is -2.66. The zero-order valence-corrected chi connectivity index (χ0v) is 11.1. The largest absolute Gasteiger partial charge is 0.433 e. The number of nitriles is 1. The van der Waals surface area contributed by atoms with E-state index in [4.69, 9.17) is 14.4 Å². The van der Waals surface area contributed by atoms with Crippen molar-refractivity contribution < 1.29 is 18.9 Å². The lowest BCUT2D eigenvalue weighted by molar-refractivity contribution is -0.402. The Labute approximate surface area is 120 Å². The number of nitro groups is 1. The number of carbonyl (C=O) groups is 1. The maximum absolute atomic E-state index is 11.8. The summed E-state index contributed by atoms with van der Waals surface area (Å²) in [4.78, 5) is 21.6. The van der Waals surface area contributed by atoms with Crippen LogP contribution in [0.3, 0.4) is 0 Å². The zero-order valence-electron chi connectivity index (χ0n) is 11.1. The van der Waals surface area contributed by atoms with Crippen molar-refractivity contribution in [2.75, 3.05) is 13.2 Å². The first-order valence-corrected chi connectivity index (χ1v) is 6.36. The van der Waals surface area contributed by atoms with Crippen molar-refractivity contribution >= 4 is 17.9 Å². The smallest absolute Gasteiger partial charge is 0.401 e. The number of nitrogens with one attached hydrogen (secondary N) is 1. The van der Waals surface area contributed by atoms with Crippen LogP contribution in [0.1, 0.15) is 18.6 Å². The molecule has 110 valence electrons. The fourth-order valence-electron chi connectivity index (χ4n) is 1.92. The summed E-state index contributed by atoms with van der Waals surface area (Å²) in [5.74, 6) is -0.934. The lowest BCUT2D eigenvalue weighted by Gasteiger charge is -2.09. The first-order chi connectivity index (χ1) is 10.1. The predicted octanol–water partition coefficient (Wildman–Crippen LogP) is 1.39. The van der Waals surface area contributed by atoms with Gasteiger partial charge in [-0.05, 0) is 18.9 Å². The molecular weight excluding hydrogens is 278 g/mol. The molecule has 1 saturated heterocycles. The number of hydrogen-bond acceptors (Lipinski definition) is 6. The molecule has 2 heterocycles. The monoisotopic (exact) mass is 291 g/mol. The predicted molar refractivity (Wildman–Crippen MR) is 70.9 cm³/mol. The molecule has 2 rings (SSSR count). The summed E-state index contributed by atoms with van der Waals surface area (Å²) >= 11 is 0. The molecule has 1 amide bonds. The quantitative estimate of drug-likeness (QED) is 0.379. The van der Waals surface area contributed by atoms with Crippen LogP contribution in [-0.4, -0.2) is 30.1 Å². The molecule has 1 aromatic rings. The number of nitrogens with zero attached hydrogens (tertiary/aromatic N) is 2. The molecule has 0 spiro atoms. The second-order valence-electron chi connectivity index (χ2n) is 4.45. The van der Waals surface area contributed by atoms with Gasteiger partial charge in [-0.3, -0.25) is 14.9 Å². The second kappa shape index (κ2) is 6.67. The Morgan fingerprint density at radius 2 is 2.43 bits per heavy atom. The molecular formula is C13H13N3O5. The molecule has 0 unspecified atom stereocenters. The van der Waals surface area contributed by atoms with Gasteiger partial charge in [0.05, 0.1) is 12.2 Å². The van der Waals surface area contributed by atoms with Crippen LogP contribution in [0.5, 0.6) is 0 Å². The van der Waals surface area contributed by atoms with Crippen LogP contribution < -0.4 is 5.32 Å². The van der Waals surface area contributed by atoms with Crippen LogP contribution in [0, 0.1) is 21.4 Å². The molecule has 1 N–H and O–H groups in total. The van der Waals surface area contributed by atoms with Crippen LogP contribution in [0.15, 0.2) is 22.1 Å². The van der Waals surface area contributed by atoms with E-state index >= 15 is 0 Å². The molecule has 1 atom stereocenters.